The molecule has 0 atom stereocenters. The van der Waals surface area contributed by atoms with E-state index in [9.17, 15) is 10.1 Å². The van der Waals surface area contributed by atoms with E-state index in [1.54, 1.807) is 0 Å². The summed E-state index contributed by atoms with van der Waals surface area (Å²) in [4.78, 5) is 18.1. The molecule has 0 spiro atoms. The van der Waals surface area contributed by atoms with Gasteiger partial charge in [0.1, 0.15) is 18.2 Å². The minimum absolute atomic E-state index is 0.138. The Balaban J connectivity index is 1.80. The molecule has 24 heavy (non-hydrogen) atoms. The van der Waals surface area contributed by atoms with Crippen LogP contribution in [0.5, 0.6) is 0 Å². The summed E-state index contributed by atoms with van der Waals surface area (Å²) in [5, 5.41) is 20.2. The number of nitro groups is 1. The van der Waals surface area contributed by atoms with Crippen molar-refractivity contribution in [3.63, 3.8) is 0 Å². The van der Waals surface area contributed by atoms with Crippen molar-refractivity contribution in [1.82, 2.24) is 24.7 Å². The number of benzene rings is 1. The van der Waals surface area contributed by atoms with Crippen LogP contribution in [0.15, 0.2) is 53.0 Å². The fraction of sp³-hybridized carbons (Fsp3) is 0.200. The van der Waals surface area contributed by atoms with Crippen molar-refractivity contribution >= 4 is 17.4 Å². The summed E-state index contributed by atoms with van der Waals surface area (Å²) in [6.45, 7) is 2.73. The summed E-state index contributed by atoms with van der Waals surface area (Å²) in [6, 6.07) is 10.0. The lowest BCUT2D eigenvalue weighted by Crippen LogP contribution is -2.04. The van der Waals surface area contributed by atoms with E-state index in [0.29, 0.717) is 23.3 Å². The van der Waals surface area contributed by atoms with Crippen molar-refractivity contribution in [2.24, 2.45) is 0 Å². The number of aromatic nitrogens is 5. The Morgan fingerprint density at radius 3 is 2.50 bits per heavy atom. The summed E-state index contributed by atoms with van der Waals surface area (Å²) in [7, 11) is 0. The van der Waals surface area contributed by atoms with E-state index in [2.05, 4.69) is 20.2 Å². The second-order valence-corrected chi connectivity index (χ2v) is 5.82. The van der Waals surface area contributed by atoms with E-state index in [0.717, 1.165) is 11.4 Å². The molecule has 0 aliphatic carbocycles. The van der Waals surface area contributed by atoms with Crippen molar-refractivity contribution in [2.45, 2.75) is 30.2 Å². The fourth-order valence-corrected chi connectivity index (χ4v) is 2.96. The highest BCUT2D eigenvalue weighted by atomic mass is 32.2. The second kappa shape index (κ2) is 7.18. The van der Waals surface area contributed by atoms with Gasteiger partial charge in [-0.2, -0.15) is 0 Å². The molecule has 9 heteroatoms. The number of nitrogens with zero attached hydrogens (tertiary/aromatic N) is 6. The maximum Gasteiger partial charge on any atom is 0.305 e. The highest BCUT2D eigenvalue weighted by Crippen LogP contribution is 2.24. The zero-order valence-electron chi connectivity index (χ0n) is 12.9. The van der Waals surface area contributed by atoms with E-state index in [-0.39, 0.29) is 5.69 Å². The molecule has 0 aliphatic rings. The molecule has 122 valence electrons. The molecular formula is C15H14N6O2S. The Morgan fingerprint density at radius 2 is 1.88 bits per heavy atom. The van der Waals surface area contributed by atoms with Crippen molar-refractivity contribution in [2.75, 3.05) is 0 Å². The summed E-state index contributed by atoms with van der Waals surface area (Å²) < 4.78 is 1.99. The van der Waals surface area contributed by atoms with Crippen LogP contribution in [-0.2, 0) is 13.0 Å². The van der Waals surface area contributed by atoms with Gasteiger partial charge in [-0.25, -0.2) is 9.97 Å². The molecule has 0 N–H and O–H groups in total. The Hall–Kier alpha value is -2.81. The first kappa shape index (κ1) is 16.1. The summed E-state index contributed by atoms with van der Waals surface area (Å²) >= 11 is 1.24. The highest BCUT2D eigenvalue weighted by molar-refractivity contribution is 7.99. The van der Waals surface area contributed by atoms with Crippen molar-refractivity contribution in [1.29, 1.82) is 0 Å². The lowest BCUT2D eigenvalue weighted by Gasteiger charge is -2.06. The van der Waals surface area contributed by atoms with E-state index >= 15 is 0 Å². The first-order chi connectivity index (χ1) is 11.7. The van der Waals surface area contributed by atoms with Crippen LogP contribution >= 0.6 is 11.8 Å². The fourth-order valence-electron chi connectivity index (χ4n) is 2.16. The molecule has 0 saturated carbocycles. The molecule has 0 amide bonds. The smallest absolute Gasteiger partial charge is 0.305 e. The van der Waals surface area contributed by atoms with Crippen LogP contribution in [0.4, 0.5) is 5.69 Å². The zero-order valence-corrected chi connectivity index (χ0v) is 13.7. The summed E-state index contributed by atoms with van der Waals surface area (Å²) in [5.41, 5.74) is 1.02. The van der Waals surface area contributed by atoms with E-state index in [1.807, 2.05) is 41.8 Å². The molecule has 2 heterocycles. The van der Waals surface area contributed by atoms with Crippen LogP contribution in [0.25, 0.3) is 0 Å². The van der Waals surface area contributed by atoms with Gasteiger partial charge in [0.05, 0.1) is 4.92 Å². The lowest BCUT2D eigenvalue weighted by molar-refractivity contribution is -0.385. The third kappa shape index (κ3) is 3.57. The van der Waals surface area contributed by atoms with Gasteiger partial charge in [-0.3, -0.25) is 10.1 Å². The van der Waals surface area contributed by atoms with Gasteiger partial charge in [0.15, 0.2) is 10.3 Å². The largest absolute Gasteiger partial charge is 0.306 e. The average Bonchev–Trinajstić information content (AvgIpc) is 2.97. The van der Waals surface area contributed by atoms with Crippen molar-refractivity contribution in [3.05, 3.63) is 64.2 Å². The van der Waals surface area contributed by atoms with Crippen LogP contribution in [0.3, 0.4) is 0 Å². The van der Waals surface area contributed by atoms with Crippen LogP contribution in [0.1, 0.15) is 18.3 Å². The maximum atomic E-state index is 10.6. The molecule has 2 aromatic heterocycles. The Kier molecular flexibility index (Phi) is 4.80. The first-order valence-corrected chi connectivity index (χ1v) is 8.09. The van der Waals surface area contributed by atoms with Crippen LogP contribution in [-0.4, -0.2) is 29.7 Å². The molecule has 3 rings (SSSR count). The predicted molar refractivity (Wildman–Crippen MR) is 87.8 cm³/mol. The Bertz CT molecular complexity index is 835. The topological polar surface area (TPSA) is 99.6 Å². The highest BCUT2D eigenvalue weighted by Gasteiger charge is 2.15. The van der Waals surface area contributed by atoms with Gasteiger partial charge in [-0.05, 0) is 24.2 Å². The van der Waals surface area contributed by atoms with Crippen molar-refractivity contribution < 1.29 is 4.92 Å². The Morgan fingerprint density at radius 1 is 1.17 bits per heavy atom. The third-order valence-corrected chi connectivity index (χ3v) is 4.20. The lowest BCUT2D eigenvalue weighted by atomic mass is 10.1. The number of hydrogen-bond donors (Lipinski definition) is 0. The molecule has 0 saturated heterocycles. The Labute approximate surface area is 142 Å². The number of hydrogen-bond acceptors (Lipinski definition) is 7. The molecule has 0 radical (unpaired) electrons. The molecule has 1 aromatic carbocycles. The van der Waals surface area contributed by atoms with Gasteiger partial charge in [0.25, 0.3) is 0 Å². The molecule has 8 nitrogen and oxygen atoms in total. The van der Waals surface area contributed by atoms with Gasteiger partial charge in [-0.1, -0.05) is 30.3 Å². The monoisotopic (exact) mass is 342 g/mol. The van der Waals surface area contributed by atoms with Gasteiger partial charge >= 0.3 is 5.69 Å². The van der Waals surface area contributed by atoms with Crippen molar-refractivity contribution in [3.8, 4) is 0 Å². The normalized spacial score (nSPS) is 10.7. The standard InChI is InChI=1S/C15H14N6O2S/c1-2-20-13(8-11-6-4-3-5-7-11)18-19-15(20)24-14-16-9-12(10-17-14)21(22)23/h3-7,9-10H,2,8H2,1H3. The van der Waals surface area contributed by atoms with Crippen LogP contribution < -0.4 is 0 Å². The number of rotatable bonds is 6. The van der Waals surface area contributed by atoms with E-state index in [1.165, 1.54) is 24.2 Å². The minimum atomic E-state index is -0.527. The van der Waals surface area contributed by atoms with Gasteiger partial charge in [-0.15, -0.1) is 10.2 Å². The first-order valence-electron chi connectivity index (χ1n) is 7.27. The maximum absolute atomic E-state index is 10.6. The second-order valence-electron chi connectivity index (χ2n) is 4.89. The summed E-state index contributed by atoms with van der Waals surface area (Å²) in [5.74, 6) is 0.855. The zero-order chi connectivity index (χ0) is 16.9. The summed E-state index contributed by atoms with van der Waals surface area (Å²) in [6.07, 6.45) is 3.06. The van der Waals surface area contributed by atoms with E-state index in [4.69, 9.17) is 0 Å². The molecule has 3 aromatic rings. The molecular weight excluding hydrogens is 328 g/mol. The van der Waals surface area contributed by atoms with E-state index < -0.39 is 4.92 Å². The molecule has 0 fully saturated rings. The molecule has 0 aliphatic heterocycles. The van der Waals surface area contributed by atoms with Gasteiger partial charge in [0.2, 0.25) is 0 Å². The quantitative estimate of drug-likeness (QED) is 0.386. The van der Waals surface area contributed by atoms with Gasteiger partial charge in [0, 0.05) is 13.0 Å². The van der Waals surface area contributed by atoms with Crippen LogP contribution in [0, 0.1) is 10.1 Å². The molecule has 0 unspecified atom stereocenters. The predicted octanol–water partition coefficient (Wildman–Crippen LogP) is 2.74. The van der Waals surface area contributed by atoms with Gasteiger partial charge < -0.3 is 4.57 Å². The van der Waals surface area contributed by atoms with Crippen LogP contribution in [0.2, 0.25) is 0 Å². The third-order valence-electron chi connectivity index (χ3n) is 3.32. The minimum Gasteiger partial charge on any atom is -0.306 e. The average molecular weight is 342 g/mol. The SMILES string of the molecule is CCn1c(Cc2ccccc2)nnc1Sc1ncc([N+](=O)[O-])cn1. The molecule has 0 bridgehead atoms.